The molecule has 0 atom stereocenters. The van der Waals surface area contributed by atoms with E-state index in [0.29, 0.717) is 16.6 Å². The number of H-pyrrole nitrogens is 1. The molecule has 4 heterocycles. The molecule has 2 fully saturated rings. The van der Waals surface area contributed by atoms with Gasteiger partial charge in [0.1, 0.15) is 11.9 Å². The fraction of sp³-hybridized carbons (Fsp3) is 0.345. The van der Waals surface area contributed by atoms with Gasteiger partial charge in [0.2, 0.25) is 5.88 Å². The molecule has 12 heteroatoms. The van der Waals surface area contributed by atoms with Crippen LogP contribution in [-0.4, -0.2) is 82.4 Å². The molecule has 0 aliphatic carbocycles. The number of rotatable bonds is 7. The van der Waals surface area contributed by atoms with Crippen molar-refractivity contribution in [1.29, 1.82) is 0 Å². The van der Waals surface area contributed by atoms with Crippen LogP contribution in [0.15, 0.2) is 48.8 Å². The van der Waals surface area contributed by atoms with Gasteiger partial charge in [0.25, 0.3) is 11.8 Å². The van der Waals surface area contributed by atoms with E-state index in [1.54, 1.807) is 19.1 Å². The van der Waals surface area contributed by atoms with Crippen LogP contribution in [0.4, 0.5) is 30.4 Å². The highest BCUT2D eigenvalue weighted by molar-refractivity contribution is 6.02. The molecule has 6 rings (SSSR count). The number of fused-ring (bicyclic) bond motifs is 1. The lowest BCUT2D eigenvalue weighted by Crippen LogP contribution is -2.58. The molecule has 2 aliphatic heterocycles. The largest absolute Gasteiger partial charge is 0.435 e. The van der Waals surface area contributed by atoms with Crippen molar-refractivity contribution in [3.63, 3.8) is 0 Å². The van der Waals surface area contributed by atoms with Crippen LogP contribution in [-0.2, 0) is 0 Å². The molecule has 2 aliphatic rings. The molecule has 41 heavy (non-hydrogen) atoms. The van der Waals surface area contributed by atoms with Crippen LogP contribution in [0, 0.1) is 12.7 Å². The number of hydrogen-bond acceptors (Lipinski definition) is 7. The maximum absolute atomic E-state index is 15.3. The molecule has 2 aromatic heterocycles. The number of carbonyl (C=O) groups excluding carboxylic acids is 1. The summed E-state index contributed by atoms with van der Waals surface area (Å²) in [6.45, 7) is 7.38. The number of likely N-dealkylation sites (N-methyl/N-ethyl adjacent to an activating group) is 1. The molecule has 9 nitrogen and oxygen atoms in total. The molecule has 4 aromatic rings. The van der Waals surface area contributed by atoms with Gasteiger partial charge >= 0.3 is 0 Å². The van der Waals surface area contributed by atoms with E-state index < -0.39 is 30.7 Å². The molecule has 0 bridgehead atoms. The summed E-state index contributed by atoms with van der Waals surface area (Å²) in [6.07, 6.45) is 1.18. The van der Waals surface area contributed by atoms with Gasteiger partial charge in [-0.2, -0.15) is 0 Å². The molecule has 2 aromatic carbocycles. The van der Waals surface area contributed by atoms with E-state index in [2.05, 4.69) is 37.0 Å². The van der Waals surface area contributed by atoms with Gasteiger partial charge in [-0.05, 0) is 55.9 Å². The van der Waals surface area contributed by atoms with Crippen molar-refractivity contribution in [3.8, 4) is 11.6 Å². The number of likely N-dealkylation sites (tertiary alicyclic amines) is 1. The summed E-state index contributed by atoms with van der Waals surface area (Å²) in [5.41, 5.74) is 2.90. The Morgan fingerprint density at radius 1 is 1.07 bits per heavy atom. The van der Waals surface area contributed by atoms with E-state index in [4.69, 9.17) is 4.74 Å². The number of aryl methyl sites for hydroxylation is 1. The van der Waals surface area contributed by atoms with E-state index in [1.807, 2.05) is 24.3 Å². The maximum Gasteiger partial charge on any atom is 0.282 e. The number of amides is 1. The lowest BCUT2D eigenvalue weighted by Gasteiger charge is -2.38. The van der Waals surface area contributed by atoms with Crippen LogP contribution < -0.4 is 15.0 Å². The molecular weight excluding hydrogens is 535 g/mol. The summed E-state index contributed by atoms with van der Waals surface area (Å²) < 4.78 is 48.5. The minimum Gasteiger partial charge on any atom is -0.435 e. The average Bonchev–Trinajstić information content (AvgIpc) is 3.35. The molecular formula is C29H30F3N7O2. The van der Waals surface area contributed by atoms with Gasteiger partial charge in [0.05, 0.1) is 13.1 Å². The quantitative estimate of drug-likeness (QED) is 0.320. The van der Waals surface area contributed by atoms with Crippen molar-refractivity contribution in [2.24, 2.45) is 0 Å². The van der Waals surface area contributed by atoms with Crippen molar-refractivity contribution >= 4 is 34.0 Å². The standard InChI is InChI=1S/C29H30F3N7O2/c1-3-37-10-12-38(13-11-37)20-6-4-19(5-7-20)36-26-24(28(40)39-15-29(31,32)16-39)27(34-17-33-26)41-23-9-8-22-21(25(23)30)14-18(2)35-22/h4-9,14,17,35H,3,10-13,15-16H2,1-2H3,(H,33,34,36). The Bertz CT molecular complexity index is 1580. The Balaban J connectivity index is 1.29. The summed E-state index contributed by atoms with van der Waals surface area (Å²) in [4.78, 5) is 30.5. The van der Waals surface area contributed by atoms with Gasteiger partial charge in [-0.25, -0.2) is 23.1 Å². The maximum atomic E-state index is 15.3. The molecule has 2 saturated heterocycles. The zero-order chi connectivity index (χ0) is 28.7. The van der Waals surface area contributed by atoms with Gasteiger partial charge in [-0.3, -0.25) is 4.79 Å². The summed E-state index contributed by atoms with van der Waals surface area (Å²) in [7, 11) is 0. The SMILES string of the molecule is CCN1CCN(c2ccc(Nc3ncnc(Oc4ccc5[nH]c(C)cc5c4F)c3C(=O)N3CC(F)(F)C3)cc2)CC1. The lowest BCUT2D eigenvalue weighted by molar-refractivity contribution is -0.113. The number of nitrogens with one attached hydrogen (secondary N) is 2. The lowest BCUT2D eigenvalue weighted by atomic mass is 10.1. The van der Waals surface area contributed by atoms with E-state index in [1.165, 1.54) is 12.4 Å². The highest BCUT2D eigenvalue weighted by Gasteiger charge is 2.47. The fourth-order valence-corrected chi connectivity index (χ4v) is 5.23. The van der Waals surface area contributed by atoms with Crippen molar-refractivity contribution < 1.29 is 22.7 Å². The average molecular weight is 566 g/mol. The number of aromatic amines is 1. The van der Waals surface area contributed by atoms with Crippen LogP contribution in [0.1, 0.15) is 23.0 Å². The van der Waals surface area contributed by atoms with Crippen molar-refractivity contribution in [2.75, 3.05) is 56.0 Å². The van der Waals surface area contributed by atoms with Crippen molar-refractivity contribution in [3.05, 3.63) is 65.9 Å². The Kier molecular flexibility index (Phi) is 6.94. The predicted octanol–water partition coefficient (Wildman–Crippen LogP) is 5.17. The summed E-state index contributed by atoms with van der Waals surface area (Å²) in [5.74, 6) is -4.67. The molecule has 1 amide bonds. The Hall–Kier alpha value is -4.32. The van der Waals surface area contributed by atoms with Crippen molar-refractivity contribution in [2.45, 2.75) is 19.8 Å². The van der Waals surface area contributed by atoms with Crippen molar-refractivity contribution in [1.82, 2.24) is 24.8 Å². The fourth-order valence-electron chi connectivity index (χ4n) is 5.23. The van der Waals surface area contributed by atoms with E-state index in [0.717, 1.165) is 49.0 Å². The monoisotopic (exact) mass is 565 g/mol. The summed E-state index contributed by atoms with van der Waals surface area (Å²) in [6, 6.07) is 12.4. The molecule has 0 radical (unpaired) electrons. The minimum absolute atomic E-state index is 0.0681. The minimum atomic E-state index is -2.97. The van der Waals surface area contributed by atoms with E-state index >= 15 is 4.39 Å². The number of piperazine rings is 1. The third kappa shape index (κ3) is 5.39. The van der Waals surface area contributed by atoms with Crippen LogP contribution in [0.5, 0.6) is 11.6 Å². The summed E-state index contributed by atoms with van der Waals surface area (Å²) in [5, 5.41) is 3.42. The van der Waals surface area contributed by atoms with E-state index in [-0.39, 0.29) is 23.0 Å². The molecule has 0 spiro atoms. The highest BCUT2D eigenvalue weighted by Crippen LogP contribution is 2.36. The number of nitrogens with zero attached hydrogens (tertiary/aromatic N) is 5. The highest BCUT2D eigenvalue weighted by atomic mass is 19.3. The first kappa shape index (κ1) is 26.9. The normalized spacial score (nSPS) is 17.0. The number of carbonyl (C=O) groups is 1. The Morgan fingerprint density at radius 3 is 2.49 bits per heavy atom. The number of alkyl halides is 2. The second kappa shape index (κ2) is 10.6. The van der Waals surface area contributed by atoms with Gasteiger partial charge < -0.3 is 29.7 Å². The third-order valence-electron chi connectivity index (χ3n) is 7.52. The number of aromatic nitrogens is 3. The second-order valence-electron chi connectivity index (χ2n) is 10.4. The molecule has 0 saturated carbocycles. The van der Waals surface area contributed by atoms with E-state index in [9.17, 15) is 13.6 Å². The van der Waals surface area contributed by atoms with Gasteiger partial charge in [0, 0.05) is 54.2 Å². The first-order valence-corrected chi connectivity index (χ1v) is 13.5. The van der Waals surface area contributed by atoms with Gasteiger partial charge in [-0.1, -0.05) is 6.92 Å². The Labute approximate surface area is 234 Å². The topological polar surface area (TPSA) is 89.6 Å². The Morgan fingerprint density at radius 2 is 1.80 bits per heavy atom. The zero-order valence-corrected chi connectivity index (χ0v) is 22.8. The first-order chi connectivity index (χ1) is 19.7. The first-order valence-electron chi connectivity index (χ1n) is 13.5. The van der Waals surface area contributed by atoms with Crippen LogP contribution in [0.3, 0.4) is 0 Å². The molecule has 214 valence electrons. The predicted molar refractivity (Wildman–Crippen MR) is 150 cm³/mol. The number of halogens is 3. The number of benzene rings is 2. The number of ether oxygens (including phenoxy) is 1. The van der Waals surface area contributed by atoms with Crippen LogP contribution in [0.2, 0.25) is 0 Å². The van der Waals surface area contributed by atoms with Crippen LogP contribution in [0.25, 0.3) is 10.9 Å². The number of anilines is 3. The summed E-state index contributed by atoms with van der Waals surface area (Å²) >= 11 is 0. The van der Waals surface area contributed by atoms with Crippen LogP contribution >= 0.6 is 0 Å². The molecule has 0 unspecified atom stereocenters. The third-order valence-corrected chi connectivity index (χ3v) is 7.52. The smallest absolute Gasteiger partial charge is 0.282 e. The zero-order valence-electron chi connectivity index (χ0n) is 22.8. The second-order valence-corrected chi connectivity index (χ2v) is 10.4. The molecule has 2 N–H and O–H groups in total. The number of hydrogen-bond donors (Lipinski definition) is 2. The van der Waals surface area contributed by atoms with Gasteiger partial charge in [0.15, 0.2) is 17.4 Å². The van der Waals surface area contributed by atoms with Gasteiger partial charge in [-0.15, -0.1) is 0 Å².